The van der Waals surface area contributed by atoms with Gasteiger partial charge in [0.15, 0.2) is 0 Å². The zero-order chi connectivity index (χ0) is 24.9. The van der Waals surface area contributed by atoms with Crippen molar-refractivity contribution >= 4 is 46.6 Å². The fraction of sp³-hybridized carbons (Fsp3) is 0.192. The maximum absolute atomic E-state index is 13.8. The first-order valence-corrected chi connectivity index (χ1v) is 11.7. The van der Waals surface area contributed by atoms with Gasteiger partial charge in [0.05, 0.1) is 29.8 Å². The fourth-order valence-electron chi connectivity index (χ4n) is 4.69. The zero-order valence-corrected chi connectivity index (χ0v) is 20.4. The number of hydrogen-bond acceptors (Lipinski definition) is 5. The van der Waals surface area contributed by atoms with Crippen LogP contribution in [0.3, 0.4) is 0 Å². The van der Waals surface area contributed by atoms with Gasteiger partial charge >= 0.3 is 0 Å². The lowest BCUT2D eigenvalue weighted by molar-refractivity contribution is -0.123. The number of aryl methyl sites for hydroxylation is 1. The van der Waals surface area contributed by atoms with E-state index in [4.69, 9.17) is 27.9 Å². The van der Waals surface area contributed by atoms with E-state index in [1.807, 2.05) is 37.3 Å². The maximum atomic E-state index is 13.8. The quantitative estimate of drug-likeness (QED) is 0.521. The number of imide groups is 1. The van der Waals surface area contributed by atoms with E-state index in [-0.39, 0.29) is 10.7 Å². The summed E-state index contributed by atoms with van der Waals surface area (Å²) in [6.45, 7) is 1.92. The highest BCUT2D eigenvalue weighted by molar-refractivity contribution is 6.38. The molecule has 35 heavy (non-hydrogen) atoms. The molecular formula is C26H21Cl2N3O4. The summed E-state index contributed by atoms with van der Waals surface area (Å²) in [7, 11) is 1.53. The number of carbonyl (C=O) groups is 3. The van der Waals surface area contributed by atoms with E-state index in [0.717, 1.165) is 10.5 Å². The molecular weight excluding hydrogens is 489 g/mol. The second-order valence-corrected chi connectivity index (χ2v) is 9.31. The summed E-state index contributed by atoms with van der Waals surface area (Å²) in [5.41, 5.74) is 5.41. The normalized spacial score (nSPS) is 21.4. The van der Waals surface area contributed by atoms with Crippen molar-refractivity contribution in [1.82, 2.24) is 10.4 Å². The predicted octanol–water partition coefficient (Wildman–Crippen LogP) is 4.57. The first-order chi connectivity index (χ1) is 16.8. The van der Waals surface area contributed by atoms with Crippen LogP contribution in [0.5, 0.6) is 5.75 Å². The van der Waals surface area contributed by atoms with Crippen molar-refractivity contribution in [2.45, 2.75) is 19.0 Å². The van der Waals surface area contributed by atoms with Crippen LogP contribution in [0.2, 0.25) is 10.0 Å². The van der Waals surface area contributed by atoms with Crippen LogP contribution in [-0.4, -0.2) is 35.9 Å². The Labute approximate surface area is 212 Å². The number of hydrogen-bond donors (Lipinski definition) is 1. The van der Waals surface area contributed by atoms with Crippen molar-refractivity contribution in [3.8, 4) is 5.75 Å². The molecule has 3 atom stereocenters. The lowest BCUT2D eigenvalue weighted by Gasteiger charge is -2.26. The van der Waals surface area contributed by atoms with E-state index in [1.165, 1.54) is 24.3 Å². The molecule has 2 aliphatic heterocycles. The highest BCUT2D eigenvalue weighted by Gasteiger charge is 2.61. The van der Waals surface area contributed by atoms with E-state index in [1.54, 1.807) is 24.3 Å². The Hall–Kier alpha value is -3.39. The molecule has 3 aromatic carbocycles. The van der Waals surface area contributed by atoms with Crippen molar-refractivity contribution in [1.29, 1.82) is 0 Å². The number of amides is 3. The Morgan fingerprint density at radius 1 is 0.971 bits per heavy atom. The number of halogens is 2. The number of anilines is 1. The maximum Gasteiger partial charge on any atom is 0.268 e. The van der Waals surface area contributed by atoms with E-state index in [9.17, 15) is 14.4 Å². The van der Waals surface area contributed by atoms with Gasteiger partial charge in [0.25, 0.3) is 11.8 Å². The number of nitrogens with zero attached hydrogens (tertiary/aromatic N) is 2. The summed E-state index contributed by atoms with van der Waals surface area (Å²) in [6.07, 6.45) is 0. The molecule has 0 spiro atoms. The van der Waals surface area contributed by atoms with E-state index in [2.05, 4.69) is 5.43 Å². The number of nitrogens with one attached hydrogen (secondary N) is 1. The first-order valence-electron chi connectivity index (χ1n) is 10.9. The molecule has 0 saturated carbocycles. The summed E-state index contributed by atoms with van der Waals surface area (Å²) in [5, 5.41) is 1.80. The third-order valence-corrected chi connectivity index (χ3v) is 6.91. The molecule has 0 radical (unpaired) electrons. The van der Waals surface area contributed by atoms with Gasteiger partial charge < -0.3 is 4.74 Å². The Morgan fingerprint density at radius 3 is 2.37 bits per heavy atom. The summed E-state index contributed by atoms with van der Waals surface area (Å²) in [6, 6.07) is 17.0. The summed E-state index contributed by atoms with van der Waals surface area (Å²) >= 11 is 12.4. The molecule has 2 fully saturated rings. The summed E-state index contributed by atoms with van der Waals surface area (Å²) in [4.78, 5) is 42.1. The van der Waals surface area contributed by atoms with Gasteiger partial charge in [0.1, 0.15) is 11.8 Å². The van der Waals surface area contributed by atoms with Crippen LogP contribution in [0.4, 0.5) is 5.69 Å². The molecule has 7 nitrogen and oxygen atoms in total. The van der Waals surface area contributed by atoms with E-state index < -0.39 is 35.7 Å². The van der Waals surface area contributed by atoms with Crippen LogP contribution in [0.1, 0.15) is 27.5 Å². The predicted molar refractivity (Wildman–Crippen MR) is 132 cm³/mol. The van der Waals surface area contributed by atoms with Gasteiger partial charge in [-0.05, 0) is 43.3 Å². The highest BCUT2D eigenvalue weighted by Crippen LogP contribution is 2.45. The molecule has 0 aromatic heterocycles. The average molecular weight is 510 g/mol. The molecule has 178 valence electrons. The molecule has 1 N–H and O–H groups in total. The molecule has 3 amide bonds. The van der Waals surface area contributed by atoms with Crippen LogP contribution in [0.15, 0.2) is 66.7 Å². The van der Waals surface area contributed by atoms with Crippen molar-refractivity contribution in [3.63, 3.8) is 0 Å². The SMILES string of the molecule is COc1ccccc1C1NN(C(=O)c2ccc(C)cc2)C2C(=O)N(c3ccc(Cl)cc3Cl)C(=O)C12. The van der Waals surface area contributed by atoms with Crippen LogP contribution >= 0.6 is 23.2 Å². The molecule has 3 unspecified atom stereocenters. The van der Waals surface area contributed by atoms with Crippen LogP contribution < -0.4 is 15.1 Å². The third-order valence-electron chi connectivity index (χ3n) is 6.38. The highest BCUT2D eigenvalue weighted by atomic mass is 35.5. The topological polar surface area (TPSA) is 79.0 Å². The number of rotatable bonds is 4. The average Bonchev–Trinajstić information content (AvgIpc) is 3.36. The number of fused-ring (bicyclic) bond motifs is 1. The van der Waals surface area contributed by atoms with Gasteiger partial charge in [0.2, 0.25) is 5.91 Å². The zero-order valence-electron chi connectivity index (χ0n) is 18.9. The Kier molecular flexibility index (Phi) is 6.01. The molecule has 0 aliphatic carbocycles. The first kappa shape index (κ1) is 23.4. The lowest BCUT2D eigenvalue weighted by atomic mass is 9.90. The second-order valence-electron chi connectivity index (χ2n) is 8.47. The van der Waals surface area contributed by atoms with Gasteiger partial charge in [-0.25, -0.2) is 10.3 Å². The monoisotopic (exact) mass is 509 g/mol. The minimum Gasteiger partial charge on any atom is -0.496 e. The molecule has 9 heteroatoms. The number of benzene rings is 3. The smallest absolute Gasteiger partial charge is 0.268 e. The van der Waals surface area contributed by atoms with Crippen LogP contribution in [0, 0.1) is 12.8 Å². The van der Waals surface area contributed by atoms with Gasteiger partial charge in [-0.15, -0.1) is 0 Å². The fourth-order valence-corrected chi connectivity index (χ4v) is 5.18. The van der Waals surface area contributed by atoms with Crippen molar-refractivity contribution in [2.75, 3.05) is 12.0 Å². The van der Waals surface area contributed by atoms with Crippen molar-refractivity contribution < 1.29 is 19.1 Å². The molecule has 0 bridgehead atoms. The molecule has 5 rings (SSSR count). The minimum atomic E-state index is -1.07. The van der Waals surface area contributed by atoms with E-state index >= 15 is 0 Å². The van der Waals surface area contributed by atoms with Crippen LogP contribution in [0.25, 0.3) is 0 Å². The number of hydrazine groups is 1. The standard InChI is InChI=1S/C26H21Cl2N3O4/c1-14-7-9-15(10-8-14)24(32)31-23-21(22(29-31)17-5-3-4-6-20(17)35-2)25(33)30(26(23)34)19-12-11-16(27)13-18(19)28/h3-13,21-23,29H,1-2H3. The lowest BCUT2D eigenvalue weighted by Crippen LogP contribution is -2.48. The molecule has 2 aliphatic rings. The number of para-hydroxylation sites is 1. The minimum absolute atomic E-state index is 0.164. The van der Waals surface area contributed by atoms with Gasteiger partial charge in [-0.2, -0.15) is 0 Å². The number of ether oxygens (including phenoxy) is 1. The Bertz CT molecular complexity index is 1340. The Morgan fingerprint density at radius 2 is 1.69 bits per heavy atom. The third kappa shape index (κ3) is 3.86. The molecule has 2 saturated heterocycles. The van der Waals surface area contributed by atoms with Crippen molar-refractivity contribution in [3.05, 3.63) is 93.5 Å². The van der Waals surface area contributed by atoms with Gasteiger partial charge in [-0.3, -0.25) is 19.4 Å². The Balaban J connectivity index is 1.61. The number of methoxy groups -OCH3 is 1. The molecule has 2 heterocycles. The van der Waals surface area contributed by atoms with Gasteiger partial charge in [0, 0.05) is 16.1 Å². The van der Waals surface area contributed by atoms with Crippen molar-refractivity contribution in [2.24, 2.45) is 5.92 Å². The second kappa shape index (κ2) is 9.00. The largest absolute Gasteiger partial charge is 0.496 e. The van der Waals surface area contributed by atoms with Gasteiger partial charge in [-0.1, -0.05) is 59.1 Å². The number of carbonyl (C=O) groups excluding carboxylic acids is 3. The van der Waals surface area contributed by atoms with E-state index in [0.29, 0.717) is 21.9 Å². The molecule has 3 aromatic rings. The van der Waals surface area contributed by atoms with Crippen LogP contribution in [-0.2, 0) is 9.59 Å². The summed E-state index contributed by atoms with van der Waals surface area (Å²) < 4.78 is 5.52. The summed E-state index contributed by atoms with van der Waals surface area (Å²) in [5.74, 6) is -1.78.